The normalized spacial score (nSPS) is 18.7. The lowest BCUT2D eigenvalue weighted by molar-refractivity contribution is -0.146. The lowest BCUT2D eigenvalue weighted by Gasteiger charge is -2.37. The van der Waals surface area contributed by atoms with E-state index in [0.29, 0.717) is 38.0 Å². The van der Waals surface area contributed by atoms with Crippen LogP contribution in [0.15, 0.2) is 53.1 Å². The van der Waals surface area contributed by atoms with Gasteiger partial charge < -0.3 is 29.3 Å². The van der Waals surface area contributed by atoms with Crippen molar-refractivity contribution in [2.75, 3.05) is 44.2 Å². The Morgan fingerprint density at radius 1 is 1.04 bits per heavy atom. The van der Waals surface area contributed by atoms with Crippen LogP contribution in [-0.4, -0.2) is 77.7 Å². The molecule has 1 aromatic heterocycles. The third-order valence-corrected chi connectivity index (χ3v) is 9.15. The molecule has 6 rings (SSSR count). The van der Waals surface area contributed by atoms with Crippen LogP contribution in [0.1, 0.15) is 56.5 Å². The van der Waals surface area contributed by atoms with Gasteiger partial charge in [0.25, 0.3) is 5.91 Å². The maximum absolute atomic E-state index is 14.0. The number of benzene rings is 2. The van der Waals surface area contributed by atoms with E-state index in [9.17, 15) is 9.59 Å². The molecular weight excluding hydrogens is 590 g/mol. The molecule has 9 nitrogen and oxygen atoms in total. The number of nitrogens with one attached hydrogen (secondary N) is 1. The molecule has 0 bridgehead atoms. The van der Waals surface area contributed by atoms with Gasteiger partial charge in [-0.15, -0.1) is 12.4 Å². The number of aryl methyl sites for hydroxylation is 2. The fraction of sp³-hybridized carbons (Fsp3) is 0.514. The first-order chi connectivity index (χ1) is 21.2. The van der Waals surface area contributed by atoms with Crippen molar-refractivity contribution in [2.24, 2.45) is 5.92 Å². The van der Waals surface area contributed by atoms with E-state index < -0.39 is 5.60 Å². The van der Waals surface area contributed by atoms with Gasteiger partial charge in [0.05, 0.1) is 11.6 Å². The minimum atomic E-state index is -0.966. The van der Waals surface area contributed by atoms with Crippen LogP contribution in [0, 0.1) is 19.8 Å². The average molecular weight is 636 g/mol. The first-order valence-corrected chi connectivity index (χ1v) is 16.1. The second-order valence-corrected chi connectivity index (χ2v) is 13.0. The van der Waals surface area contributed by atoms with Crippen LogP contribution in [0.25, 0.3) is 11.1 Å². The van der Waals surface area contributed by atoms with E-state index >= 15 is 0 Å². The summed E-state index contributed by atoms with van der Waals surface area (Å²) in [5.74, 6) is 1.69. The van der Waals surface area contributed by atoms with E-state index in [-0.39, 0.29) is 30.1 Å². The third-order valence-electron chi connectivity index (χ3n) is 9.15. The Labute approximate surface area is 272 Å². The molecule has 10 heteroatoms. The number of carbonyl (C=O) groups excluding carboxylic acids is 2. The van der Waals surface area contributed by atoms with Crippen molar-refractivity contribution in [3.63, 3.8) is 0 Å². The quantitative estimate of drug-likeness (QED) is 0.338. The number of anilines is 1. The molecular formula is C35H46ClN5O4. The molecule has 1 aliphatic carbocycles. The largest absolute Gasteiger partial charge is 0.478 e. The van der Waals surface area contributed by atoms with Crippen molar-refractivity contribution in [2.45, 2.75) is 71.6 Å². The standard InChI is InChI=1S/C35H45N5O4.ClH/c1-24-32(25(2)44-37-24)27-12-10-26(11-13-27)22-40(29-14-15-29)33(41)28-7-6-18-39(23-28)30-8-5-9-31(21-30)43-35(3,4)34(42)38-19-16-36-17-20-38;/h5,8-13,21,28-29,36H,6-7,14-20,22-23H2,1-4H3;1H. The highest BCUT2D eigenvalue weighted by Crippen LogP contribution is 2.34. The summed E-state index contributed by atoms with van der Waals surface area (Å²) in [5, 5.41) is 7.38. The number of piperazine rings is 1. The third kappa shape index (κ3) is 7.47. The molecule has 3 fully saturated rings. The summed E-state index contributed by atoms with van der Waals surface area (Å²) < 4.78 is 11.6. The molecule has 2 amide bonds. The number of aromatic nitrogens is 1. The van der Waals surface area contributed by atoms with Gasteiger partial charge >= 0.3 is 0 Å². The van der Waals surface area contributed by atoms with Gasteiger partial charge in [-0.2, -0.15) is 0 Å². The number of piperidine rings is 1. The molecule has 3 aliphatic rings. The predicted molar refractivity (Wildman–Crippen MR) is 178 cm³/mol. The molecule has 2 saturated heterocycles. The smallest absolute Gasteiger partial charge is 0.266 e. The highest BCUT2D eigenvalue weighted by atomic mass is 35.5. The SMILES string of the molecule is Cc1noc(C)c1-c1ccc(CN(C(=O)C2CCCN(c3cccc(OC(C)(C)C(=O)N4CCNCC4)c3)C2)C2CC2)cc1.Cl. The molecule has 0 radical (unpaired) electrons. The predicted octanol–water partition coefficient (Wildman–Crippen LogP) is 5.38. The number of carbonyl (C=O) groups is 2. The van der Waals surface area contributed by atoms with E-state index in [1.54, 1.807) is 0 Å². The van der Waals surface area contributed by atoms with Crippen LogP contribution in [0.4, 0.5) is 5.69 Å². The number of rotatable bonds is 9. The maximum atomic E-state index is 14.0. The van der Waals surface area contributed by atoms with Crippen molar-refractivity contribution in [1.29, 1.82) is 0 Å². The number of ether oxygens (including phenoxy) is 1. The van der Waals surface area contributed by atoms with Gasteiger partial charge in [0.1, 0.15) is 11.5 Å². The maximum Gasteiger partial charge on any atom is 0.266 e. The summed E-state index contributed by atoms with van der Waals surface area (Å²) in [4.78, 5) is 33.5. The van der Waals surface area contributed by atoms with Gasteiger partial charge in [0, 0.05) is 69.2 Å². The second-order valence-electron chi connectivity index (χ2n) is 13.0. The molecule has 1 atom stereocenters. The summed E-state index contributed by atoms with van der Waals surface area (Å²) in [5.41, 5.74) is 4.20. The fourth-order valence-corrected chi connectivity index (χ4v) is 6.62. The van der Waals surface area contributed by atoms with Crippen molar-refractivity contribution < 1.29 is 18.8 Å². The van der Waals surface area contributed by atoms with E-state index in [1.165, 1.54) is 0 Å². The van der Waals surface area contributed by atoms with Gasteiger partial charge in [-0.3, -0.25) is 9.59 Å². The number of hydrogen-bond donors (Lipinski definition) is 1. The fourth-order valence-electron chi connectivity index (χ4n) is 6.62. The zero-order chi connectivity index (χ0) is 30.8. The van der Waals surface area contributed by atoms with Crippen molar-refractivity contribution >= 4 is 29.9 Å². The average Bonchev–Trinajstić information content (AvgIpc) is 3.83. The minimum Gasteiger partial charge on any atom is -0.478 e. The Kier molecular flexibility index (Phi) is 10.1. The van der Waals surface area contributed by atoms with E-state index in [4.69, 9.17) is 9.26 Å². The topological polar surface area (TPSA) is 91.1 Å². The Morgan fingerprint density at radius 2 is 1.78 bits per heavy atom. The van der Waals surface area contributed by atoms with Gasteiger partial charge in [0.15, 0.2) is 5.60 Å². The molecule has 0 spiro atoms. The summed E-state index contributed by atoms with van der Waals surface area (Å²) in [7, 11) is 0. The molecule has 3 heterocycles. The van der Waals surface area contributed by atoms with Gasteiger partial charge in [-0.1, -0.05) is 35.5 Å². The minimum absolute atomic E-state index is 0. The molecule has 45 heavy (non-hydrogen) atoms. The van der Waals surface area contributed by atoms with Gasteiger partial charge in [-0.25, -0.2) is 0 Å². The van der Waals surface area contributed by atoms with Crippen LogP contribution in [0.2, 0.25) is 0 Å². The summed E-state index contributed by atoms with van der Waals surface area (Å²) in [6.07, 6.45) is 3.99. The molecule has 3 aromatic rings. The lowest BCUT2D eigenvalue weighted by Crippen LogP contribution is -2.54. The number of halogens is 1. The number of amides is 2. The van der Waals surface area contributed by atoms with Gasteiger partial charge in [-0.05, 0) is 76.6 Å². The first-order valence-electron chi connectivity index (χ1n) is 16.1. The molecule has 1 unspecified atom stereocenters. The highest BCUT2D eigenvalue weighted by Gasteiger charge is 2.38. The Morgan fingerprint density at radius 3 is 2.44 bits per heavy atom. The zero-order valence-corrected chi connectivity index (χ0v) is 27.7. The summed E-state index contributed by atoms with van der Waals surface area (Å²) in [6.45, 7) is 12.8. The van der Waals surface area contributed by atoms with E-state index in [1.807, 2.05) is 50.8 Å². The lowest BCUT2D eigenvalue weighted by atomic mass is 9.95. The van der Waals surface area contributed by atoms with E-state index in [0.717, 1.165) is 79.1 Å². The Balaban J connectivity index is 0.00000400. The summed E-state index contributed by atoms with van der Waals surface area (Å²) >= 11 is 0. The highest BCUT2D eigenvalue weighted by molar-refractivity contribution is 5.85. The van der Waals surface area contributed by atoms with Crippen LogP contribution in [0.3, 0.4) is 0 Å². The zero-order valence-electron chi connectivity index (χ0n) is 26.9. The Bertz CT molecular complexity index is 1460. The monoisotopic (exact) mass is 635 g/mol. The Hall–Kier alpha value is -3.56. The van der Waals surface area contributed by atoms with E-state index in [2.05, 4.69) is 50.6 Å². The molecule has 1 saturated carbocycles. The van der Waals surface area contributed by atoms with Crippen LogP contribution >= 0.6 is 12.4 Å². The van der Waals surface area contributed by atoms with Crippen LogP contribution in [-0.2, 0) is 16.1 Å². The molecule has 2 aromatic carbocycles. The van der Waals surface area contributed by atoms with Crippen molar-refractivity contribution in [3.05, 3.63) is 65.5 Å². The van der Waals surface area contributed by atoms with Crippen LogP contribution in [0.5, 0.6) is 5.75 Å². The molecule has 242 valence electrons. The van der Waals surface area contributed by atoms with Gasteiger partial charge in [0.2, 0.25) is 5.91 Å². The second kappa shape index (κ2) is 13.8. The number of nitrogens with zero attached hydrogens (tertiary/aromatic N) is 4. The summed E-state index contributed by atoms with van der Waals surface area (Å²) in [6, 6.07) is 16.8. The van der Waals surface area contributed by atoms with Crippen LogP contribution < -0.4 is 15.0 Å². The first kappa shape index (κ1) is 32.8. The molecule has 2 aliphatic heterocycles. The van der Waals surface area contributed by atoms with Crippen molar-refractivity contribution in [1.82, 2.24) is 20.3 Å². The number of hydrogen-bond acceptors (Lipinski definition) is 7. The van der Waals surface area contributed by atoms with Crippen molar-refractivity contribution in [3.8, 4) is 16.9 Å². The molecule has 1 N–H and O–H groups in total.